The lowest BCUT2D eigenvalue weighted by atomic mass is 10.1. The van der Waals surface area contributed by atoms with Gasteiger partial charge in [-0.2, -0.15) is 0 Å². The van der Waals surface area contributed by atoms with E-state index in [4.69, 9.17) is 0 Å². The molecular formula is C23H26N4O4S2. The summed E-state index contributed by atoms with van der Waals surface area (Å²) in [5, 5.41) is 6.13. The standard InChI is InChI=1S/C23H26N4O4S2/c1-14(28)25-17-10-11-18(20(12-17)33(30)27-23(2,3)4)19-13-24-21(32-19)15-6-8-16(9-7-15)26-22(29)31-5/h6-13,27H,1-5H3,(H,25,28)(H,26,29). The Morgan fingerprint density at radius 3 is 2.33 bits per heavy atom. The lowest BCUT2D eigenvalue weighted by Gasteiger charge is -2.23. The zero-order valence-electron chi connectivity index (χ0n) is 19.0. The Bertz CT molecular complexity index is 1140. The highest BCUT2D eigenvalue weighted by Crippen LogP contribution is 2.37. The van der Waals surface area contributed by atoms with Crippen LogP contribution in [-0.4, -0.2) is 34.2 Å². The Hall–Kier alpha value is -2.92. The van der Waals surface area contributed by atoms with Crippen molar-refractivity contribution >= 4 is 46.1 Å². The number of methoxy groups -OCH3 is 1. The molecule has 3 aromatic rings. The largest absolute Gasteiger partial charge is 0.593 e. The normalized spacial score (nSPS) is 12.2. The molecule has 1 heterocycles. The Morgan fingerprint density at radius 1 is 1.06 bits per heavy atom. The van der Waals surface area contributed by atoms with Crippen LogP contribution in [0.3, 0.4) is 0 Å². The Kier molecular flexibility index (Phi) is 7.75. The summed E-state index contributed by atoms with van der Waals surface area (Å²) in [6, 6.07) is 12.6. The number of carbonyl (C=O) groups excluding carboxylic acids is 2. The number of ether oxygens (including phenoxy) is 1. The zero-order valence-corrected chi connectivity index (χ0v) is 20.6. The van der Waals surface area contributed by atoms with Crippen LogP contribution in [-0.2, 0) is 20.9 Å². The molecule has 3 N–H and O–H groups in total. The van der Waals surface area contributed by atoms with Crippen LogP contribution in [0.25, 0.3) is 21.0 Å². The topological polar surface area (TPSA) is 115 Å². The highest BCUT2D eigenvalue weighted by atomic mass is 32.2. The maximum atomic E-state index is 13.1. The number of thiazole rings is 1. The molecule has 0 spiro atoms. The fraction of sp³-hybridized carbons (Fsp3) is 0.261. The molecule has 0 fully saturated rings. The first kappa shape index (κ1) is 24.7. The average molecular weight is 487 g/mol. The van der Waals surface area contributed by atoms with Crippen LogP contribution in [0.5, 0.6) is 0 Å². The van der Waals surface area contributed by atoms with Crippen molar-refractivity contribution in [3.63, 3.8) is 0 Å². The monoisotopic (exact) mass is 486 g/mol. The highest BCUT2D eigenvalue weighted by Gasteiger charge is 2.25. The van der Waals surface area contributed by atoms with Gasteiger partial charge in [0.2, 0.25) is 5.91 Å². The van der Waals surface area contributed by atoms with Crippen molar-refractivity contribution in [2.24, 2.45) is 0 Å². The second-order valence-corrected chi connectivity index (χ2v) is 10.4. The van der Waals surface area contributed by atoms with Gasteiger partial charge in [-0.15, -0.1) is 16.1 Å². The first-order valence-corrected chi connectivity index (χ1v) is 12.0. The Morgan fingerprint density at radius 2 is 1.73 bits per heavy atom. The first-order chi connectivity index (χ1) is 15.6. The van der Waals surface area contributed by atoms with Crippen molar-refractivity contribution in [1.29, 1.82) is 0 Å². The van der Waals surface area contributed by atoms with Gasteiger partial charge in [-0.1, -0.05) is 0 Å². The van der Waals surface area contributed by atoms with Crippen LogP contribution in [0.4, 0.5) is 16.2 Å². The summed E-state index contributed by atoms with van der Waals surface area (Å²) in [5.74, 6) is -0.200. The maximum Gasteiger partial charge on any atom is 0.411 e. The molecule has 1 unspecified atom stereocenters. The van der Waals surface area contributed by atoms with Gasteiger partial charge in [0.15, 0.2) is 4.90 Å². The summed E-state index contributed by atoms with van der Waals surface area (Å²) >= 11 is -0.0497. The van der Waals surface area contributed by atoms with Crippen LogP contribution in [0, 0.1) is 0 Å². The number of rotatable bonds is 6. The number of nitrogens with zero attached hydrogens (tertiary/aromatic N) is 1. The van der Waals surface area contributed by atoms with Gasteiger partial charge in [0.05, 0.1) is 34.5 Å². The molecular weight excluding hydrogens is 460 g/mol. The molecule has 8 nitrogen and oxygen atoms in total. The first-order valence-electron chi connectivity index (χ1n) is 10.1. The maximum absolute atomic E-state index is 13.1. The van der Waals surface area contributed by atoms with Crippen LogP contribution < -0.4 is 15.4 Å². The zero-order chi connectivity index (χ0) is 24.2. The minimum Gasteiger partial charge on any atom is -0.593 e. The van der Waals surface area contributed by atoms with E-state index in [0.717, 1.165) is 21.0 Å². The van der Waals surface area contributed by atoms with Crippen molar-refractivity contribution in [2.45, 2.75) is 38.1 Å². The van der Waals surface area contributed by atoms with Gasteiger partial charge in [-0.3, -0.25) is 10.1 Å². The summed E-state index contributed by atoms with van der Waals surface area (Å²) in [5.41, 5.74) is 2.47. The number of anilines is 2. The third kappa shape index (κ3) is 6.78. The molecule has 0 saturated carbocycles. The van der Waals surface area contributed by atoms with Crippen LogP contribution in [0.2, 0.25) is 0 Å². The molecule has 0 aliphatic carbocycles. The van der Waals surface area contributed by atoms with Crippen molar-refractivity contribution < 1.29 is 18.9 Å². The highest BCUT2D eigenvalue weighted by molar-refractivity contribution is 7.89. The van der Waals surface area contributed by atoms with E-state index in [1.54, 1.807) is 30.5 Å². The number of carbonyl (C=O) groups is 2. The molecule has 0 saturated heterocycles. The number of hydrogen-bond acceptors (Lipinski definition) is 7. The number of benzene rings is 2. The van der Waals surface area contributed by atoms with Gasteiger partial charge in [-0.05, 0) is 57.2 Å². The number of hydrogen-bond donors (Lipinski definition) is 3. The van der Waals surface area contributed by atoms with Crippen LogP contribution >= 0.6 is 11.3 Å². The minimum atomic E-state index is -1.51. The van der Waals surface area contributed by atoms with E-state index in [2.05, 4.69) is 25.1 Å². The molecule has 0 aliphatic rings. The fourth-order valence-electron chi connectivity index (χ4n) is 2.89. The third-order valence-corrected chi connectivity index (χ3v) is 6.85. The van der Waals surface area contributed by atoms with E-state index >= 15 is 0 Å². The number of nitrogens with one attached hydrogen (secondary N) is 3. The molecule has 10 heteroatoms. The fourth-order valence-corrected chi connectivity index (χ4v) is 5.19. The SMILES string of the molecule is COC(=O)Nc1ccc(-c2ncc(-c3ccc(NC(C)=O)cc3[S+]([O-])NC(C)(C)C)s2)cc1. The van der Waals surface area contributed by atoms with Crippen molar-refractivity contribution in [3.8, 4) is 21.0 Å². The summed E-state index contributed by atoms with van der Waals surface area (Å²) in [4.78, 5) is 28.8. The predicted molar refractivity (Wildman–Crippen MR) is 133 cm³/mol. The van der Waals surface area contributed by atoms with Gasteiger partial charge in [0.1, 0.15) is 5.01 Å². The molecule has 3 rings (SSSR count). The van der Waals surface area contributed by atoms with E-state index in [1.165, 1.54) is 25.4 Å². The van der Waals surface area contributed by atoms with E-state index < -0.39 is 17.5 Å². The molecule has 174 valence electrons. The van der Waals surface area contributed by atoms with E-state index in [1.807, 2.05) is 39.0 Å². The smallest absolute Gasteiger partial charge is 0.411 e. The van der Waals surface area contributed by atoms with E-state index in [-0.39, 0.29) is 11.4 Å². The Labute approximate surface area is 200 Å². The third-order valence-electron chi connectivity index (χ3n) is 4.24. The van der Waals surface area contributed by atoms with Gasteiger partial charge >= 0.3 is 6.09 Å². The molecule has 1 aromatic heterocycles. The molecule has 1 atom stereocenters. The second kappa shape index (κ2) is 10.3. The molecule has 0 radical (unpaired) electrons. The molecule has 0 aliphatic heterocycles. The van der Waals surface area contributed by atoms with Crippen molar-refractivity contribution in [3.05, 3.63) is 48.7 Å². The summed E-state index contributed by atoms with van der Waals surface area (Å²) < 4.78 is 20.8. The van der Waals surface area contributed by atoms with Crippen molar-refractivity contribution in [1.82, 2.24) is 9.71 Å². The quantitative estimate of drug-likeness (QED) is 0.421. The average Bonchev–Trinajstić information content (AvgIpc) is 3.22. The van der Waals surface area contributed by atoms with Gasteiger partial charge < -0.3 is 14.6 Å². The lowest BCUT2D eigenvalue weighted by molar-refractivity contribution is -0.114. The molecule has 0 bridgehead atoms. The van der Waals surface area contributed by atoms with Gasteiger partial charge in [-0.25, -0.2) is 9.78 Å². The predicted octanol–water partition coefficient (Wildman–Crippen LogP) is 5.02. The summed E-state index contributed by atoms with van der Waals surface area (Å²) in [7, 11) is 1.31. The van der Waals surface area contributed by atoms with Gasteiger partial charge in [0.25, 0.3) is 0 Å². The molecule has 2 amide bonds. The van der Waals surface area contributed by atoms with Crippen molar-refractivity contribution in [2.75, 3.05) is 17.7 Å². The molecule has 2 aromatic carbocycles. The van der Waals surface area contributed by atoms with E-state index in [0.29, 0.717) is 16.3 Å². The Balaban J connectivity index is 1.93. The van der Waals surface area contributed by atoms with Gasteiger partial charge in [0, 0.05) is 36.1 Å². The lowest BCUT2D eigenvalue weighted by Crippen LogP contribution is -2.40. The van der Waals surface area contributed by atoms with Crippen LogP contribution in [0.15, 0.2) is 53.6 Å². The van der Waals surface area contributed by atoms with Crippen LogP contribution in [0.1, 0.15) is 27.7 Å². The summed E-state index contributed by atoms with van der Waals surface area (Å²) in [6.45, 7) is 7.24. The second-order valence-electron chi connectivity index (χ2n) is 8.24. The molecule has 33 heavy (non-hydrogen) atoms. The number of amides is 2. The van der Waals surface area contributed by atoms with E-state index in [9.17, 15) is 14.1 Å². The minimum absolute atomic E-state index is 0.200. The summed E-state index contributed by atoms with van der Waals surface area (Å²) in [6.07, 6.45) is 1.21. The number of aromatic nitrogens is 1.